The lowest BCUT2D eigenvalue weighted by Gasteiger charge is -2.11. The summed E-state index contributed by atoms with van der Waals surface area (Å²) < 4.78 is 25.1. The Morgan fingerprint density at radius 3 is 2.39 bits per heavy atom. The Morgan fingerprint density at radius 1 is 1.06 bits per heavy atom. The van der Waals surface area contributed by atoms with E-state index in [0.717, 1.165) is 23.8 Å². The van der Waals surface area contributed by atoms with Gasteiger partial charge in [-0.1, -0.05) is 54.6 Å². The predicted molar refractivity (Wildman–Crippen MR) is 143 cm³/mol. The second-order valence-electron chi connectivity index (χ2n) is 7.83. The van der Waals surface area contributed by atoms with Gasteiger partial charge in [0.2, 0.25) is 5.91 Å². The van der Waals surface area contributed by atoms with Gasteiger partial charge in [-0.25, -0.2) is 8.78 Å². The average Bonchev–Trinajstić information content (AvgIpc) is 3.44. The van der Waals surface area contributed by atoms with E-state index < -0.39 is 40.5 Å². The fraction of sp³-hybridized carbons (Fsp3) is 0.154. The first-order valence-corrected chi connectivity index (χ1v) is 12.0. The molecule has 4 nitrogen and oxygen atoms in total. The highest BCUT2D eigenvalue weighted by Crippen LogP contribution is 2.65. The Bertz CT molecular complexity index is 1290. The van der Waals surface area contributed by atoms with Crippen molar-refractivity contribution in [1.29, 1.82) is 0 Å². The molecule has 1 aliphatic rings. The number of carbonyl (C=O) groups excluding carboxylic acids is 2. The minimum Gasteiger partial charge on any atom is -0.326 e. The highest BCUT2D eigenvalue weighted by molar-refractivity contribution is 6.53. The van der Waals surface area contributed by atoms with Gasteiger partial charge < -0.3 is 10.6 Å². The van der Waals surface area contributed by atoms with Crippen molar-refractivity contribution < 1.29 is 18.4 Å². The molecule has 2 N–H and O–H groups in total. The maximum Gasteiger partial charge on any atom is 0.257 e. The number of carbonyl (C=O) groups is 2. The quantitative estimate of drug-likeness (QED) is 0.238. The molecule has 2 aromatic rings. The molecule has 0 aliphatic heterocycles. The standard InChI is InChI=1S/C26H20Cl4F2N2O2/c1-3-14-5-6-15(11-21(14)28)22-23(26(22,29)30)25(36)33-17-9-10-20(27)19(12-17)24(35)34-18(13-31)8-7-16(32)4-2/h3-12,22-23H,1-2,13H2,(H,33,36)(H,34,35)/b16-7+,18-8+. The van der Waals surface area contributed by atoms with Crippen LogP contribution in [0.1, 0.15) is 27.4 Å². The van der Waals surface area contributed by atoms with Crippen LogP contribution in [0.5, 0.6) is 0 Å². The summed E-state index contributed by atoms with van der Waals surface area (Å²) in [6.07, 6.45) is 4.56. The molecule has 10 heteroatoms. The maximum absolute atomic E-state index is 13.3. The highest BCUT2D eigenvalue weighted by atomic mass is 35.5. The van der Waals surface area contributed by atoms with Crippen LogP contribution in [0.3, 0.4) is 0 Å². The van der Waals surface area contributed by atoms with Gasteiger partial charge in [-0.05, 0) is 53.6 Å². The normalized spacial score (nSPS) is 18.8. The molecular formula is C26H20Cl4F2N2O2. The van der Waals surface area contributed by atoms with Crippen molar-refractivity contribution in [2.75, 3.05) is 12.0 Å². The number of allylic oxidation sites excluding steroid dienone is 5. The molecule has 0 radical (unpaired) electrons. The summed E-state index contributed by atoms with van der Waals surface area (Å²) in [5.74, 6) is -3.22. The number of hydrogen-bond donors (Lipinski definition) is 2. The van der Waals surface area contributed by atoms with Crippen molar-refractivity contribution >= 4 is 70.0 Å². The van der Waals surface area contributed by atoms with Gasteiger partial charge in [0.25, 0.3) is 5.91 Å². The monoisotopic (exact) mass is 570 g/mol. The number of benzene rings is 2. The number of alkyl halides is 3. The maximum atomic E-state index is 13.3. The van der Waals surface area contributed by atoms with Crippen LogP contribution >= 0.6 is 46.4 Å². The Kier molecular flexibility index (Phi) is 9.01. The second kappa shape index (κ2) is 11.6. The van der Waals surface area contributed by atoms with Crippen LogP contribution in [-0.4, -0.2) is 22.8 Å². The minimum atomic E-state index is -1.36. The predicted octanol–water partition coefficient (Wildman–Crippen LogP) is 7.79. The molecule has 0 bridgehead atoms. The van der Waals surface area contributed by atoms with Gasteiger partial charge in [0.1, 0.15) is 16.8 Å². The first-order valence-electron chi connectivity index (χ1n) is 10.5. The molecule has 188 valence electrons. The number of halogens is 6. The first kappa shape index (κ1) is 27.9. The summed E-state index contributed by atoms with van der Waals surface area (Å²) >= 11 is 25.2. The molecule has 1 aliphatic carbocycles. The van der Waals surface area contributed by atoms with Crippen LogP contribution < -0.4 is 10.6 Å². The SMILES string of the molecule is C=C/C(F)=C\C=C(/CF)NC(=O)c1cc(NC(=O)C2C(c3ccc(C=C)c(Cl)c3)C2(Cl)Cl)ccc1Cl. The lowest BCUT2D eigenvalue weighted by Crippen LogP contribution is -2.24. The average molecular weight is 572 g/mol. The smallest absolute Gasteiger partial charge is 0.257 e. The number of hydrogen-bond acceptors (Lipinski definition) is 2. The largest absolute Gasteiger partial charge is 0.326 e. The van der Waals surface area contributed by atoms with Gasteiger partial charge >= 0.3 is 0 Å². The van der Waals surface area contributed by atoms with E-state index in [1.54, 1.807) is 24.3 Å². The van der Waals surface area contributed by atoms with E-state index in [2.05, 4.69) is 23.8 Å². The van der Waals surface area contributed by atoms with Crippen molar-refractivity contribution in [3.8, 4) is 0 Å². The number of rotatable bonds is 9. The topological polar surface area (TPSA) is 58.2 Å². The van der Waals surface area contributed by atoms with Crippen molar-refractivity contribution in [2.24, 2.45) is 5.92 Å². The third-order valence-corrected chi connectivity index (χ3v) is 7.07. The summed E-state index contributed by atoms with van der Waals surface area (Å²) in [4.78, 5) is 25.6. The van der Waals surface area contributed by atoms with Gasteiger partial charge in [0, 0.05) is 22.3 Å². The molecule has 0 heterocycles. The van der Waals surface area contributed by atoms with Gasteiger partial charge in [0.15, 0.2) is 0 Å². The molecule has 36 heavy (non-hydrogen) atoms. The number of amides is 2. The molecule has 2 atom stereocenters. The number of nitrogens with one attached hydrogen (secondary N) is 2. The summed E-state index contributed by atoms with van der Waals surface area (Å²) in [6, 6.07) is 9.43. The molecule has 1 saturated carbocycles. The Balaban J connectivity index is 1.76. The third kappa shape index (κ3) is 6.19. The molecule has 1 fully saturated rings. The van der Waals surface area contributed by atoms with Gasteiger partial charge in [-0.3, -0.25) is 9.59 Å². The zero-order valence-corrected chi connectivity index (χ0v) is 21.7. The van der Waals surface area contributed by atoms with E-state index in [1.807, 2.05) is 0 Å². The van der Waals surface area contributed by atoms with Crippen LogP contribution in [-0.2, 0) is 4.79 Å². The number of anilines is 1. The van der Waals surface area contributed by atoms with Crippen LogP contribution in [0.15, 0.2) is 79.3 Å². The Hall–Kier alpha value is -2.64. The lowest BCUT2D eigenvalue weighted by atomic mass is 10.1. The molecule has 3 rings (SSSR count). The fourth-order valence-corrected chi connectivity index (χ4v) is 4.85. The summed E-state index contributed by atoms with van der Waals surface area (Å²) in [6.45, 7) is 5.87. The summed E-state index contributed by atoms with van der Waals surface area (Å²) in [7, 11) is 0. The lowest BCUT2D eigenvalue weighted by molar-refractivity contribution is -0.117. The van der Waals surface area contributed by atoms with Crippen molar-refractivity contribution in [1.82, 2.24) is 5.32 Å². The van der Waals surface area contributed by atoms with E-state index in [9.17, 15) is 18.4 Å². The van der Waals surface area contributed by atoms with E-state index in [-0.39, 0.29) is 22.0 Å². The molecule has 0 aromatic heterocycles. The van der Waals surface area contributed by atoms with Gasteiger partial charge in [0.05, 0.1) is 16.5 Å². The summed E-state index contributed by atoms with van der Waals surface area (Å²) in [5.41, 5.74) is 1.44. The van der Waals surface area contributed by atoms with E-state index in [0.29, 0.717) is 10.6 Å². The van der Waals surface area contributed by atoms with Crippen LogP contribution in [0.25, 0.3) is 6.08 Å². The zero-order chi connectivity index (χ0) is 26.6. The minimum absolute atomic E-state index is 0.0378. The molecule has 2 aromatic carbocycles. The Morgan fingerprint density at radius 2 is 1.78 bits per heavy atom. The zero-order valence-electron chi connectivity index (χ0n) is 18.6. The second-order valence-corrected chi connectivity index (χ2v) is 10.1. The molecule has 2 unspecified atom stereocenters. The van der Waals surface area contributed by atoms with Crippen LogP contribution in [0.2, 0.25) is 10.0 Å². The van der Waals surface area contributed by atoms with Crippen molar-refractivity contribution in [2.45, 2.75) is 10.3 Å². The molecule has 2 amide bonds. The van der Waals surface area contributed by atoms with Gasteiger partial charge in [-0.2, -0.15) is 0 Å². The van der Waals surface area contributed by atoms with E-state index >= 15 is 0 Å². The molecule has 0 spiro atoms. The third-order valence-electron chi connectivity index (χ3n) is 5.47. The van der Waals surface area contributed by atoms with E-state index in [1.165, 1.54) is 18.2 Å². The highest BCUT2D eigenvalue weighted by Gasteiger charge is 2.67. The Labute approximate surface area is 227 Å². The fourth-order valence-electron chi connectivity index (χ4n) is 3.55. The van der Waals surface area contributed by atoms with Crippen molar-refractivity contribution in [3.05, 3.63) is 106 Å². The molecular weight excluding hydrogens is 552 g/mol. The van der Waals surface area contributed by atoms with Crippen LogP contribution in [0, 0.1) is 5.92 Å². The van der Waals surface area contributed by atoms with Gasteiger partial charge in [-0.15, -0.1) is 23.2 Å². The van der Waals surface area contributed by atoms with E-state index in [4.69, 9.17) is 46.4 Å². The summed E-state index contributed by atoms with van der Waals surface area (Å²) in [5, 5.41) is 5.51. The van der Waals surface area contributed by atoms with Crippen LogP contribution in [0.4, 0.5) is 14.5 Å². The first-order chi connectivity index (χ1) is 17.0. The molecule has 0 saturated heterocycles. The van der Waals surface area contributed by atoms with Crippen molar-refractivity contribution in [3.63, 3.8) is 0 Å².